The Bertz CT molecular complexity index is 583. The summed E-state index contributed by atoms with van der Waals surface area (Å²) < 4.78 is 6.46. The molecule has 8 heteroatoms. The molecule has 0 spiro atoms. The van der Waals surface area contributed by atoms with E-state index in [-0.39, 0.29) is 12.5 Å². The highest BCUT2D eigenvalue weighted by Crippen LogP contribution is 2.07. The zero-order valence-corrected chi connectivity index (χ0v) is 11.1. The summed E-state index contributed by atoms with van der Waals surface area (Å²) in [5, 5.41) is 10.4. The van der Waals surface area contributed by atoms with Crippen molar-refractivity contribution in [2.45, 2.75) is 19.6 Å². The molecule has 20 heavy (non-hydrogen) atoms. The zero-order chi connectivity index (χ0) is 14.4. The molecule has 0 atom stereocenters. The van der Waals surface area contributed by atoms with Gasteiger partial charge in [0.15, 0.2) is 0 Å². The monoisotopic (exact) mass is 276 g/mol. The maximum Gasteiger partial charge on any atom is 0.242 e. The van der Waals surface area contributed by atoms with E-state index in [9.17, 15) is 4.79 Å². The molecule has 3 N–H and O–H groups in total. The summed E-state index contributed by atoms with van der Waals surface area (Å²) in [7, 11) is 1.55. The molecule has 0 bridgehead atoms. The highest BCUT2D eigenvalue weighted by molar-refractivity contribution is 5.75. The van der Waals surface area contributed by atoms with Crippen molar-refractivity contribution in [3.63, 3.8) is 0 Å². The lowest BCUT2D eigenvalue weighted by Crippen LogP contribution is -2.27. The zero-order valence-electron chi connectivity index (χ0n) is 11.1. The van der Waals surface area contributed by atoms with Gasteiger partial charge >= 0.3 is 0 Å². The van der Waals surface area contributed by atoms with Gasteiger partial charge in [-0.1, -0.05) is 5.21 Å². The maximum atomic E-state index is 11.8. The van der Waals surface area contributed by atoms with Gasteiger partial charge in [-0.2, -0.15) is 0 Å². The molecule has 0 saturated heterocycles. The molecule has 1 amide bonds. The Morgan fingerprint density at radius 3 is 3.10 bits per heavy atom. The Labute approximate surface area is 115 Å². The number of hydrogen-bond acceptors (Lipinski definition) is 6. The Balaban J connectivity index is 1.85. The predicted molar refractivity (Wildman–Crippen MR) is 70.5 cm³/mol. The number of nitrogens with two attached hydrogens (primary N) is 1. The quantitative estimate of drug-likeness (QED) is 0.733. The third-order valence-electron chi connectivity index (χ3n) is 2.60. The van der Waals surface area contributed by atoms with Crippen LogP contribution in [-0.4, -0.2) is 33.0 Å². The van der Waals surface area contributed by atoms with Crippen molar-refractivity contribution in [3.8, 4) is 5.88 Å². The van der Waals surface area contributed by atoms with Crippen LogP contribution in [-0.2, 0) is 24.4 Å². The molecule has 2 aromatic heterocycles. The average Bonchev–Trinajstić information content (AvgIpc) is 2.93. The van der Waals surface area contributed by atoms with E-state index >= 15 is 0 Å². The molecule has 0 aliphatic carbocycles. The van der Waals surface area contributed by atoms with E-state index in [2.05, 4.69) is 20.6 Å². The minimum atomic E-state index is -0.158. The molecule has 0 aromatic carbocycles. The third-order valence-corrected chi connectivity index (χ3v) is 2.60. The molecule has 2 aromatic rings. The molecule has 0 radical (unpaired) electrons. The number of carbonyl (C=O) groups excluding carboxylic acids is 1. The van der Waals surface area contributed by atoms with Crippen molar-refractivity contribution >= 4 is 5.91 Å². The van der Waals surface area contributed by atoms with Gasteiger partial charge < -0.3 is 15.8 Å². The third kappa shape index (κ3) is 3.75. The van der Waals surface area contributed by atoms with Gasteiger partial charge in [0.2, 0.25) is 11.8 Å². The number of aromatic nitrogens is 4. The van der Waals surface area contributed by atoms with E-state index in [4.69, 9.17) is 10.5 Å². The number of amides is 1. The molecule has 0 aliphatic heterocycles. The van der Waals surface area contributed by atoms with Crippen LogP contribution in [0, 0.1) is 0 Å². The second-order valence-corrected chi connectivity index (χ2v) is 4.09. The van der Waals surface area contributed by atoms with Crippen LogP contribution in [0.1, 0.15) is 11.3 Å². The largest absolute Gasteiger partial charge is 0.481 e. The van der Waals surface area contributed by atoms with Crippen LogP contribution in [0.3, 0.4) is 0 Å². The van der Waals surface area contributed by atoms with Crippen molar-refractivity contribution < 1.29 is 9.53 Å². The van der Waals surface area contributed by atoms with Gasteiger partial charge in [0.25, 0.3) is 0 Å². The van der Waals surface area contributed by atoms with E-state index < -0.39 is 0 Å². The highest BCUT2D eigenvalue weighted by atomic mass is 16.5. The van der Waals surface area contributed by atoms with Gasteiger partial charge in [-0.05, 0) is 11.6 Å². The number of carbonyl (C=O) groups is 1. The summed E-state index contributed by atoms with van der Waals surface area (Å²) in [6.07, 6.45) is 3.28. The lowest BCUT2D eigenvalue weighted by atomic mass is 10.2. The standard InChI is InChI=1S/C12H16N6O2/c1-20-12-4-9(2-3-14-12)6-15-11(19)8-18-7-10(5-13)16-17-18/h2-4,7H,5-6,8,13H2,1H3,(H,15,19). The van der Waals surface area contributed by atoms with Crippen LogP contribution < -0.4 is 15.8 Å². The van der Waals surface area contributed by atoms with Crippen molar-refractivity contribution in [1.82, 2.24) is 25.3 Å². The fraction of sp³-hybridized carbons (Fsp3) is 0.333. The van der Waals surface area contributed by atoms with Crippen LogP contribution in [0.15, 0.2) is 24.5 Å². The van der Waals surface area contributed by atoms with Gasteiger partial charge in [-0.15, -0.1) is 5.10 Å². The summed E-state index contributed by atoms with van der Waals surface area (Å²) in [6, 6.07) is 3.58. The van der Waals surface area contributed by atoms with Crippen molar-refractivity contribution in [2.75, 3.05) is 7.11 Å². The molecule has 106 valence electrons. The summed E-state index contributed by atoms with van der Waals surface area (Å²) >= 11 is 0. The van der Waals surface area contributed by atoms with Crippen molar-refractivity contribution in [1.29, 1.82) is 0 Å². The van der Waals surface area contributed by atoms with Gasteiger partial charge in [0.05, 0.1) is 19.0 Å². The van der Waals surface area contributed by atoms with Gasteiger partial charge in [-0.3, -0.25) is 4.79 Å². The van der Waals surface area contributed by atoms with Crippen LogP contribution >= 0.6 is 0 Å². The van der Waals surface area contributed by atoms with Gasteiger partial charge in [0.1, 0.15) is 6.54 Å². The number of pyridine rings is 1. The normalized spacial score (nSPS) is 10.3. The number of ether oxygens (including phenoxy) is 1. The molecule has 0 fully saturated rings. The first kappa shape index (κ1) is 13.9. The van der Waals surface area contributed by atoms with Gasteiger partial charge in [-0.25, -0.2) is 9.67 Å². The summed E-state index contributed by atoms with van der Waals surface area (Å²) in [4.78, 5) is 15.8. The smallest absolute Gasteiger partial charge is 0.242 e. The maximum absolute atomic E-state index is 11.8. The lowest BCUT2D eigenvalue weighted by Gasteiger charge is -2.06. The number of rotatable bonds is 6. The minimum Gasteiger partial charge on any atom is -0.481 e. The summed E-state index contributed by atoms with van der Waals surface area (Å²) in [6.45, 7) is 0.809. The molecule has 2 heterocycles. The number of nitrogens with one attached hydrogen (secondary N) is 1. The van der Waals surface area contributed by atoms with Gasteiger partial charge in [0, 0.05) is 25.4 Å². The number of nitrogens with zero attached hydrogens (tertiary/aromatic N) is 4. The first-order valence-electron chi connectivity index (χ1n) is 6.06. The van der Waals surface area contributed by atoms with E-state index in [1.807, 2.05) is 6.07 Å². The SMILES string of the molecule is COc1cc(CNC(=O)Cn2cc(CN)nn2)ccn1. The predicted octanol–water partition coefficient (Wildman–Crippen LogP) is -0.543. The fourth-order valence-electron chi connectivity index (χ4n) is 1.59. The molecule has 0 unspecified atom stereocenters. The molecule has 2 rings (SSSR count). The van der Waals surface area contributed by atoms with Crippen molar-refractivity contribution in [2.24, 2.45) is 5.73 Å². The van der Waals surface area contributed by atoms with Crippen LogP contribution in [0.5, 0.6) is 5.88 Å². The van der Waals surface area contributed by atoms with E-state index in [1.165, 1.54) is 4.68 Å². The fourth-order valence-corrected chi connectivity index (χ4v) is 1.59. The Kier molecular flexibility index (Phi) is 4.61. The molecular formula is C12H16N6O2. The molecule has 0 saturated carbocycles. The molecular weight excluding hydrogens is 260 g/mol. The van der Waals surface area contributed by atoms with Crippen LogP contribution in [0.25, 0.3) is 0 Å². The summed E-state index contributed by atoms with van der Waals surface area (Å²) in [5.74, 6) is 0.356. The van der Waals surface area contributed by atoms with Crippen molar-refractivity contribution in [3.05, 3.63) is 35.8 Å². The molecule has 8 nitrogen and oxygen atoms in total. The van der Waals surface area contributed by atoms with E-state index in [1.54, 1.807) is 25.6 Å². The van der Waals surface area contributed by atoms with E-state index in [0.29, 0.717) is 24.7 Å². The lowest BCUT2D eigenvalue weighted by molar-refractivity contribution is -0.122. The van der Waals surface area contributed by atoms with E-state index in [0.717, 1.165) is 5.56 Å². The highest BCUT2D eigenvalue weighted by Gasteiger charge is 2.05. The number of hydrogen-bond donors (Lipinski definition) is 2. The second-order valence-electron chi connectivity index (χ2n) is 4.09. The molecule has 0 aliphatic rings. The first-order chi connectivity index (χ1) is 9.71. The Morgan fingerprint density at radius 2 is 2.40 bits per heavy atom. The second kappa shape index (κ2) is 6.62. The first-order valence-corrected chi connectivity index (χ1v) is 6.06. The Hall–Kier alpha value is -2.48. The minimum absolute atomic E-state index is 0.106. The number of methoxy groups -OCH3 is 1. The van der Waals surface area contributed by atoms with Crippen LogP contribution in [0.4, 0.5) is 0 Å². The topological polar surface area (TPSA) is 108 Å². The Morgan fingerprint density at radius 1 is 1.55 bits per heavy atom. The average molecular weight is 276 g/mol. The van der Waals surface area contributed by atoms with Crippen LogP contribution in [0.2, 0.25) is 0 Å². The summed E-state index contributed by atoms with van der Waals surface area (Å²) in [5.41, 5.74) is 6.98.